The molecule has 0 unspecified atom stereocenters. The Morgan fingerprint density at radius 3 is 2.54 bits per heavy atom. The number of pyridine rings is 1. The molecule has 1 aromatic carbocycles. The largest absolute Gasteiger partial charge is 0.329 e. The van der Waals surface area contributed by atoms with Crippen LogP contribution in [0.3, 0.4) is 0 Å². The van der Waals surface area contributed by atoms with Crippen molar-refractivity contribution in [2.24, 2.45) is 7.05 Å². The summed E-state index contributed by atoms with van der Waals surface area (Å²) in [6, 6.07) is 13.6. The van der Waals surface area contributed by atoms with Gasteiger partial charge in [0.1, 0.15) is 5.65 Å². The van der Waals surface area contributed by atoms with Gasteiger partial charge in [0.05, 0.1) is 22.2 Å². The van der Waals surface area contributed by atoms with E-state index >= 15 is 0 Å². The molecule has 1 N–H and O–H groups in total. The number of fused-ring (bicyclic) bond motifs is 2. The lowest BCUT2D eigenvalue weighted by Crippen LogP contribution is -2.33. The van der Waals surface area contributed by atoms with Crippen LogP contribution in [-0.4, -0.2) is 24.3 Å². The predicted octanol–water partition coefficient (Wildman–Crippen LogP) is 3.00. The standard InChI is InChI=1S/C20H15N5O2S/c1-11-14-15(13-9-6-10-28-13)16-17(22-20(27)24(2)19(16)26)21-18(14)25(23-11)12-7-4-3-5-8-12/h3-10H,1-2H3,(H,21,22,27). The van der Waals surface area contributed by atoms with Crippen LogP contribution >= 0.6 is 11.3 Å². The van der Waals surface area contributed by atoms with Crippen molar-refractivity contribution in [3.05, 3.63) is 74.4 Å². The number of aromatic amines is 1. The third kappa shape index (κ3) is 2.28. The second-order valence-corrected chi connectivity index (χ2v) is 7.46. The Kier molecular flexibility index (Phi) is 3.56. The first-order valence-corrected chi connectivity index (χ1v) is 9.56. The number of aromatic nitrogens is 5. The summed E-state index contributed by atoms with van der Waals surface area (Å²) in [5, 5.41) is 7.85. The number of hydrogen-bond acceptors (Lipinski definition) is 5. The number of thiophene rings is 1. The van der Waals surface area contributed by atoms with Crippen molar-refractivity contribution in [1.29, 1.82) is 0 Å². The van der Waals surface area contributed by atoms with Gasteiger partial charge in [-0.05, 0) is 30.5 Å². The molecule has 0 aliphatic rings. The number of benzene rings is 1. The van der Waals surface area contributed by atoms with Crippen molar-refractivity contribution in [3.63, 3.8) is 0 Å². The Morgan fingerprint density at radius 1 is 1.04 bits per heavy atom. The van der Waals surface area contributed by atoms with Gasteiger partial charge in [-0.25, -0.2) is 14.5 Å². The quantitative estimate of drug-likeness (QED) is 0.503. The minimum absolute atomic E-state index is 0.265. The molecule has 0 saturated heterocycles. The number of H-pyrrole nitrogens is 1. The Bertz CT molecular complexity index is 1460. The molecule has 28 heavy (non-hydrogen) atoms. The fourth-order valence-corrected chi connectivity index (χ4v) is 4.26. The summed E-state index contributed by atoms with van der Waals surface area (Å²) < 4.78 is 2.82. The van der Waals surface area contributed by atoms with Gasteiger partial charge >= 0.3 is 5.69 Å². The van der Waals surface area contributed by atoms with Gasteiger partial charge in [-0.3, -0.25) is 14.3 Å². The third-order valence-electron chi connectivity index (χ3n) is 4.81. The molecule has 5 rings (SSSR count). The summed E-state index contributed by atoms with van der Waals surface area (Å²) in [7, 11) is 1.46. The van der Waals surface area contributed by atoms with Crippen LogP contribution in [-0.2, 0) is 7.05 Å². The van der Waals surface area contributed by atoms with E-state index < -0.39 is 5.69 Å². The summed E-state index contributed by atoms with van der Waals surface area (Å²) in [5.41, 5.74) is 2.38. The Labute approximate surface area is 162 Å². The van der Waals surface area contributed by atoms with E-state index in [2.05, 4.69) is 15.1 Å². The van der Waals surface area contributed by atoms with Crippen LogP contribution in [0, 0.1) is 6.92 Å². The summed E-state index contributed by atoms with van der Waals surface area (Å²) in [6.07, 6.45) is 0. The lowest BCUT2D eigenvalue weighted by molar-refractivity contribution is 0.791. The highest BCUT2D eigenvalue weighted by Crippen LogP contribution is 2.37. The molecule has 0 bridgehead atoms. The van der Waals surface area contributed by atoms with Gasteiger partial charge in [0.25, 0.3) is 5.56 Å². The molecule has 0 saturated carbocycles. The van der Waals surface area contributed by atoms with Crippen molar-refractivity contribution < 1.29 is 0 Å². The molecule has 0 amide bonds. The number of para-hydroxylation sites is 1. The first kappa shape index (κ1) is 16.6. The number of rotatable bonds is 2. The van der Waals surface area contributed by atoms with E-state index in [-0.39, 0.29) is 11.2 Å². The average molecular weight is 389 g/mol. The molecule has 8 heteroatoms. The van der Waals surface area contributed by atoms with Crippen LogP contribution < -0.4 is 11.2 Å². The van der Waals surface area contributed by atoms with Gasteiger partial charge in [0, 0.05) is 17.5 Å². The highest BCUT2D eigenvalue weighted by molar-refractivity contribution is 7.13. The highest BCUT2D eigenvalue weighted by atomic mass is 32.1. The SMILES string of the molecule is Cc1nn(-c2ccccc2)c2nc3[nH]c(=O)n(C)c(=O)c3c(-c3cccs3)c12. The van der Waals surface area contributed by atoms with Crippen LogP contribution in [0.2, 0.25) is 0 Å². The summed E-state index contributed by atoms with van der Waals surface area (Å²) in [5.74, 6) is 0. The van der Waals surface area contributed by atoms with Gasteiger partial charge in [0.2, 0.25) is 0 Å². The summed E-state index contributed by atoms with van der Waals surface area (Å²) in [4.78, 5) is 33.5. The van der Waals surface area contributed by atoms with Crippen molar-refractivity contribution in [2.45, 2.75) is 6.92 Å². The normalized spacial score (nSPS) is 11.5. The van der Waals surface area contributed by atoms with E-state index in [9.17, 15) is 9.59 Å². The average Bonchev–Trinajstić information content (AvgIpc) is 3.34. The molecule has 138 valence electrons. The number of aryl methyl sites for hydroxylation is 1. The molecular formula is C20H15N5O2S. The molecule has 0 aliphatic heterocycles. The highest BCUT2D eigenvalue weighted by Gasteiger charge is 2.22. The topological polar surface area (TPSA) is 85.6 Å². The molecular weight excluding hydrogens is 374 g/mol. The molecule has 4 heterocycles. The first-order valence-electron chi connectivity index (χ1n) is 8.68. The Balaban J connectivity index is 2.05. The molecule has 7 nitrogen and oxygen atoms in total. The molecule has 5 aromatic rings. The number of hydrogen-bond donors (Lipinski definition) is 1. The van der Waals surface area contributed by atoms with Gasteiger partial charge in [-0.1, -0.05) is 24.3 Å². The van der Waals surface area contributed by atoms with Gasteiger partial charge < -0.3 is 0 Å². The smallest absolute Gasteiger partial charge is 0.291 e. The van der Waals surface area contributed by atoms with Crippen LogP contribution in [0.4, 0.5) is 0 Å². The van der Waals surface area contributed by atoms with Crippen LogP contribution in [0.5, 0.6) is 0 Å². The fraction of sp³-hybridized carbons (Fsp3) is 0.100. The van der Waals surface area contributed by atoms with E-state index in [1.807, 2.05) is 54.8 Å². The molecule has 0 spiro atoms. The summed E-state index contributed by atoms with van der Waals surface area (Å²) >= 11 is 1.53. The monoisotopic (exact) mass is 389 g/mol. The second-order valence-electron chi connectivity index (χ2n) is 6.51. The number of nitrogens with zero attached hydrogens (tertiary/aromatic N) is 4. The Hall–Kier alpha value is -3.52. The molecule has 0 aliphatic carbocycles. The van der Waals surface area contributed by atoms with Crippen molar-refractivity contribution in [2.75, 3.05) is 0 Å². The Morgan fingerprint density at radius 2 is 1.82 bits per heavy atom. The summed E-state index contributed by atoms with van der Waals surface area (Å²) in [6.45, 7) is 1.91. The van der Waals surface area contributed by atoms with E-state index in [4.69, 9.17) is 0 Å². The van der Waals surface area contributed by atoms with Gasteiger partial charge in [0.15, 0.2) is 5.65 Å². The zero-order chi connectivity index (χ0) is 19.4. The van der Waals surface area contributed by atoms with Crippen LogP contribution in [0.25, 0.3) is 38.2 Å². The minimum atomic E-state index is -0.496. The van der Waals surface area contributed by atoms with Crippen molar-refractivity contribution >= 4 is 33.4 Å². The van der Waals surface area contributed by atoms with E-state index in [1.54, 1.807) is 4.68 Å². The lowest BCUT2D eigenvalue weighted by atomic mass is 10.1. The maximum atomic E-state index is 13.0. The van der Waals surface area contributed by atoms with Crippen molar-refractivity contribution in [3.8, 4) is 16.1 Å². The maximum absolute atomic E-state index is 13.0. The zero-order valence-corrected chi connectivity index (χ0v) is 15.9. The van der Waals surface area contributed by atoms with Crippen LogP contribution in [0.15, 0.2) is 57.4 Å². The predicted molar refractivity (Wildman–Crippen MR) is 110 cm³/mol. The fourth-order valence-electron chi connectivity index (χ4n) is 3.48. The van der Waals surface area contributed by atoms with E-state index in [0.29, 0.717) is 11.0 Å². The minimum Gasteiger partial charge on any atom is -0.291 e. The maximum Gasteiger partial charge on any atom is 0.329 e. The molecule has 0 fully saturated rings. The third-order valence-corrected chi connectivity index (χ3v) is 5.69. The lowest BCUT2D eigenvalue weighted by Gasteiger charge is -2.09. The van der Waals surface area contributed by atoms with Crippen LogP contribution in [0.1, 0.15) is 5.69 Å². The number of nitrogens with one attached hydrogen (secondary N) is 1. The first-order chi connectivity index (χ1) is 13.6. The van der Waals surface area contributed by atoms with E-state index in [1.165, 1.54) is 18.4 Å². The van der Waals surface area contributed by atoms with E-state index in [0.717, 1.165) is 31.8 Å². The molecule has 0 radical (unpaired) electrons. The zero-order valence-electron chi connectivity index (χ0n) is 15.1. The molecule has 0 atom stereocenters. The second kappa shape index (κ2) is 6.00. The van der Waals surface area contributed by atoms with Gasteiger partial charge in [-0.15, -0.1) is 11.3 Å². The van der Waals surface area contributed by atoms with Crippen molar-refractivity contribution in [1.82, 2.24) is 24.3 Å². The van der Waals surface area contributed by atoms with Gasteiger partial charge in [-0.2, -0.15) is 5.10 Å². The molecule has 4 aromatic heterocycles.